The number of hydrogen-bond acceptors (Lipinski definition) is 3. The van der Waals surface area contributed by atoms with E-state index < -0.39 is 0 Å². The second-order valence-corrected chi connectivity index (χ2v) is 11.3. The topological polar surface area (TPSA) is 43.9 Å². The molecule has 2 aliphatic heterocycles. The molecule has 1 spiro atoms. The van der Waals surface area contributed by atoms with E-state index in [1.165, 1.54) is 11.1 Å². The number of piperidine rings is 1. The van der Waals surface area contributed by atoms with E-state index in [4.69, 9.17) is 0 Å². The number of amides is 2. The first-order valence-corrected chi connectivity index (χ1v) is 12.0. The van der Waals surface area contributed by atoms with Crippen LogP contribution >= 0.6 is 0 Å². The van der Waals surface area contributed by atoms with Crippen molar-refractivity contribution in [3.05, 3.63) is 35.4 Å². The second-order valence-electron chi connectivity index (χ2n) is 11.3. The van der Waals surface area contributed by atoms with E-state index >= 15 is 0 Å². The zero-order valence-corrected chi connectivity index (χ0v) is 19.8. The van der Waals surface area contributed by atoms with Gasteiger partial charge in [-0.05, 0) is 54.2 Å². The molecule has 3 aliphatic rings. The van der Waals surface area contributed by atoms with Gasteiger partial charge in [0, 0.05) is 52.1 Å². The summed E-state index contributed by atoms with van der Waals surface area (Å²) in [4.78, 5) is 32.2. The molecule has 2 saturated heterocycles. The minimum Gasteiger partial charge on any atom is -0.343 e. The molecule has 170 valence electrons. The first kappa shape index (κ1) is 22.3. The van der Waals surface area contributed by atoms with Gasteiger partial charge in [0.15, 0.2) is 0 Å². The summed E-state index contributed by atoms with van der Waals surface area (Å²) < 4.78 is 0. The summed E-state index contributed by atoms with van der Waals surface area (Å²) in [6.45, 7) is 11.7. The van der Waals surface area contributed by atoms with Crippen molar-refractivity contribution in [1.82, 2.24) is 14.7 Å². The van der Waals surface area contributed by atoms with Gasteiger partial charge in [0.05, 0.1) is 0 Å². The fourth-order valence-electron chi connectivity index (χ4n) is 5.83. The molecule has 5 nitrogen and oxygen atoms in total. The number of likely N-dealkylation sites (tertiary alicyclic amines) is 1. The van der Waals surface area contributed by atoms with Crippen LogP contribution in [-0.2, 0) is 15.0 Å². The van der Waals surface area contributed by atoms with Gasteiger partial charge in [0.2, 0.25) is 11.8 Å². The third-order valence-corrected chi connectivity index (χ3v) is 7.64. The number of carbonyl (C=O) groups is 2. The molecular weight excluding hydrogens is 386 g/mol. The average Bonchev–Trinajstić information content (AvgIpc) is 3.01. The Labute approximate surface area is 187 Å². The molecule has 0 saturated carbocycles. The molecule has 0 N–H and O–H groups in total. The summed E-state index contributed by atoms with van der Waals surface area (Å²) in [5, 5.41) is 0. The van der Waals surface area contributed by atoms with Crippen molar-refractivity contribution in [1.29, 1.82) is 0 Å². The molecule has 1 aromatic rings. The number of hydrogen-bond donors (Lipinski definition) is 0. The van der Waals surface area contributed by atoms with E-state index in [0.29, 0.717) is 24.7 Å². The van der Waals surface area contributed by atoms with Crippen LogP contribution in [0, 0.1) is 5.41 Å². The van der Waals surface area contributed by atoms with E-state index in [1.807, 2.05) is 0 Å². The first-order chi connectivity index (χ1) is 14.7. The fraction of sp³-hybridized carbons (Fsp3) is 0.692. The SMILES string of the molecule is CN1CCN(C(=O)C[C@H]2CC3(CCN(C(=O)CC(C)(C)C)CC3)c3ccccc32)CC1. The summed E-state index contributed by atoms with van der Waals surface area (Å²) >= 11 is 0. The Bertz CT molecular complexity index is 812. The van der Waals surface area contributed by atoms with Gasteiger partial charge in [-0.1, -0.05) is 45.0 Å². The lowest BCUT2D eigenvalue weighted by Crippen LogP contribution is -2.47. The lowest BCUT2D eigenvalue weighted by molar-refractivity contribution is -0.134. The lowest BCUT2D eigenvalue weighted by Gasteiger charge is -2.41. The monoisotopic (exact) mass is 425 g/mol. The molecule has 1 atom stereocenters. The molecule has 31 heavy (non-hydrogen) atoms. The molecule has 2 heterocycles. The molecule has 5 heteroatoms. The Hall–Kier alpha value is -1.88. The zero-order chi connectivity index (χ0) is 22.2. The maximum Gasteiger partial charge on any atom is 0.223 e. The van der Waals surface area contributed by atoms with Crippen LogP contribution in [0.5, 0.6) is 0 Å². The maximum atomic E-state index is 13.1. The highest BCUT2D eigenvalue weighted by Crippen LogP contribution is 2.52. The highest BCUT2D eigenvalue weighted by Gasteiger charge is 2.46. The minimum atomic E-state index is 0.0287. The van der Waals surface area contributed by atoms with E-state index in [9.17, 15) is 9.59 Å². The number of nitrogens with zero attached hydrogens (tertiary/aromatic N) is 3. The Balaban J connectivity index is 1.44. The Morgan fingerprint density at radius 3 is 2.19 bits per heavy atom. The fourth-order valence-corrected chi connectivity index (χ4v) is 5.83. The first-order valence-electron chi connectivity index (χ1n) is 12.0. The molecule has 2 fully saturated rings. The Morgan fingerprint density at radius 1 is 0.935 bits per heavy atom. The van der Waals surface area contributed by atoms with E-state index in [-0.39, 0.29) is 16.7 Å². The van der Waals surface area contributed by atoms with E-state index in [2.05, 4.69) is 66.8 Å². The van der Waals surface area contributed by atoms with Crippen molar-refractivity contribution in [2.75, 3.05) is 46.3 Å². The van der Waals surface area contributed by atoms with Crippen LogP contribution in [-0.4, -0.2) is 72.8 Å². The van der Waals surface area contributed by atoms with Crippen LogP contribution < -0.4 is 0 Å². The quantitative estimate of drug-likeness (QED) is 0.743. The van der Waals surface area contributed by atoms with Gasteiger partial charge in [-0.15, -0.1) is 0 Å². The summed E-state index contributed by atoms with van der Waals surface area (Å²) in [5.74, 6) is 0.901. The third-order valence-electron chi connectivity index (χ3n) is 7.64. The predicted molar refractivity (Wildman–Crippen MR) is 124 cm³/mol. The van der Waals surface area contributed by atoms with Gasteiger partial charge in [0.25, 0.3) is 0 Å². The zero-order valence-electron chi connectivity index (χ0n) is 19.8. The number of rotatable bonds is 3. The third kappa shape index (κ3) is 4.82. The minimum absolute atomic E-state index is 0.0287. The molecule has 2 amide bonds. The summed E-state index contributed by atoms with van der Waals surface area (Å²) in [6, 6.07) is 8.78. The van der Waals surface area contributed by atoms with Crippen molar-refractivity contribution in [3.63, 3.8) is 0 Å². The average molecular weight is 426 g/mol. The van der Waals surface area contributed by atoms with Crippen molar-refractivity contribution in [2.24, 2.45) is 5.41 Å². The Kier molecular flexibility index (Phi) is 6.17. The number of fused-ring (bicyclic) bond motifs is 2. The number of piperazine rings is 1. The molecule has 0 unspecified atom stereocenters. The second kappa shape index (κ2) is 8.57. The molecule has 0 bridgehead atoms. The highest BCUT2D eigenvalue weighted by molar-refractivity contribution is 5.78. The standard InChI is InChI=1S/C26H39N3O2/c1-25(2,3)19-24(31)28-11-9-26(10-12-28)18-20(21-7-5-6-8-22(21)26)17-23(30)29-15-13-27(4)14-16-29/h5-8,20H,9-19H2,1-4H3/t20-/m0/s1. The summed E-state index contributed by atoms with van der Waals surface area (Å²) in [6.07, 6.45) is 4.30. The van der Waals surface area contributed by atoms with E-state index in [0.717, 1.165) is 58.5 Å². The van der Waals surface area contributed by atoms with Gasteiger partial charge in [-0.3, -0.25) is 9.59 Å². The smallest absolute Gasteiger partial charge is 0.223 e. The lowest BCUT2D eigenvalue weighted by atomic mass is 9.73. The van der Waals surface area contributed by atoms with Crippen LogP contribution in [0.4, 0.5) is 0 Å². The van der Waals surface area contributed by atoms with Crippen molar-refractivity contribution in [3.8, 4) is 0 Å². The number of carbonyl (C=O) groups excluding carboxylic acids is 2. The van der Waals surface area contributed by atoms with Crippen LogP contribution in [0.25, 0.3) is 0 Å². The van der Waals surface area contributed by atoms with Gasteiger partial charge in [-0.25, -0.2) is 0 Å². The molecule has 1 aliphatic carbocycles. The van der Waals surface area contributed by atoms with Gasteiger partial charge in [-0.2, -0.15) is 0 Å². The van der Waals surface area contributed by atoms with Gasteiger partial charge in [0.1, 0.15) is 0 Å². The Morgan fingerprint density at radius 2 is 1.55 bits per heavy atom. The summed E-state index contributed by atoms with van der Waals surface area (Å²) in [7, 11) is 2.12. The number of benzene rings is 1. The summed E-state index contributed by atoms with van der Waals surface area (Å²) in [5.41, 5.74) is 2.97. The van der Waals surface area contributed by atoms with Crippen LogP contribution in [0.1, 0.15) is 69.9 Å². The van der Waals surface area contributed by atoms with Crippen LogP contribution in [0.2, 0.25) is 0 Å². The van der Waals surface area contributed by atoms with Gasteiger partial charge < -0.3 is 14.7 Å². The predicted octanol–water partition coefficient (Wildman–Crippen LogP) is 3.63. The molecule has 1 aromatic carbocycles. The number of likely N-dealkylation sites (N-methyl/N-ethyl adjacent to an activating group) is 1. The van der Waals surface area contributed by atoms with Crippen LogP contribution in [0.15, 0.2) is 24.3 Å². The van der Waals surface area contributed by atoms with Gasteiger partial charge >= 0.3 is 0 Å². The van der Waals surface area contributed by atoms with E-state index in [1.54, 1.807) is 0 Å². The highest BCUT2D eigenvalue weighted by atomic mass is 16.2. The molecule has 4 rings (SSSR count). The van der Waals surface area contributed by atoms with Crippen molar-refractivity contribution >= 4 is 11.8 Å². The van der Waals surface area contributed by atoms with Crippen molar-refractivity contribution < 1.29 is 9.59 Å². The molecule has 0 aromatic heterocycles. The largest absolute Gasteiger partial charge is 0.343 e. The van der Waals surface area contributed by atoms with Crippen LogP contribution in [0.3, 0.4) is 0 Å². The normalized spacial score (nSPS) is 23.8. The maximum absolute atomic E-state index is 13.1. The van der Waals surface area contributed by atoms with Crippen molar-refractivity contribution in [2.45, 2.75) is 64.2 Å². The molecular formula is C26H39N3O2. The molecule has 0 radical (unpaired) electrons.